The van der Waals surface area contributed by atoms with Crippen LogP contribution in [0.5, 0.6) is 5.75 Å². The van der Waals surface area contributed by atoms with Gasteiger partial charge in [0, 0.05) is 22.8 Å². The lowest BCUT2D eigenvalue weighted by molar-refractivity contribution is -0.153. The Morgan fingerprint density at radius 1 is 1.20 bits per heavy atom. The topological polar surface area (TPSA) is 89.3 Å². The third-order valence-corrected chi connectivity index (χ3v) is 5.16. The number of amides is 2. The monoisotopic (exact) mass is 535 g/mol. The standard InChI is InChI=1S/C20H15Cl2F4N5O4/c21-10-35-19(33)31(18-27-16-6-12(22)3-4-30(16)28-18)14-2-1-11(17(32)29-7-13(23)8-29)5-15(14)34-9-20(24,25)26/h1-6,13H,7-10H2. The molecule has 1 aliphatic heterocycles. The van der Waals surface area contributed by atoms with Crippen molar-refractivity contribution in [2.24, 2.45) is 0 Å². The molecule has 2 amide bonds. The van der Waals surface area contributed by atoms with E-state index in [1.807, 2.05) is 0 Å². The Kier molecular flexibility index (Phi) is 6.90. The van der Waals surface area contributed by atoms with Gasteiger partial charge in [-0.1, -0.05) is 23.2 Å². The molecule has 0 N–H and O–H groups in total. The fraction of sp³-hybridized carbons (Fsp3) is 0.300. The minimum atomic E-state index is -4.73. The Morgan fingerprint density at radius 2 is 1.94 bits per heavy atom. The first-order valence-corrected chi connectivity index (χ1v) is 10.8. The van der Waals surface area contributed by atoms with Gasteiger partial charge in [-0.3, -0.25) is 4.79 Å². The molecule has 1 aromatic carbocycles. The normalized spacial score (nSPS) is 14.1. The van der Waals surface area contributed by atoms with E-state index in [1.54, 1.807) is 0 Å². The van der Waals surface area contributed by atoms with E-state index >= 15 is 0 Å². The van der Waals surface area contributed by atoms with Crippen molar-refractivity contribution in [1.82, 2.24) is 19.5 Å². The van der Waals surface area contributed by atoms with Gasteiger partial charge < -0.3 is 14.4 Å². The smallest absolute Gasteiger partial charge is 0.422 e. The molecule has 35 heavy (non-hydrogen) atoms. The minimum absolute atomic E-state index is 0.0711. The van der Waals surface area contributed by atoms with Crippen molar-refractivity contribution >= 4 is 52.5 Å². The Balaban J connectivity index is 1.79. The zero-order chi connectivity index (χ0) is 25.3. The maximum Gasteiger partial charge on any atom is 0.422 e. The number of carbonyl (C=O) groups excluding carboxylic acids is 2. The van der Waals surface area contributed by atoms with E-state index in [0.29, 0.717) is 5.02 Å². The van der Waals surface area contributed by atoms with Crippen molar-refractivity contribution in [2.45, 2.75) is 12.3 Å². The second-order valence-corrected chi connectivity index (χ2v) is 7.96. The minimum Gasteiger partial charge on any atom is -0.482 e. The van der Waals surface area contributed by atoms with Crippen molar-refractivity contribution in [2.75, 3.05) is 30.7 Å². The number of carbonyl (C=O) groups is 2. The van der Waals surface area contributed by atoms with Gasteiger partial charge in [0.15, 0.2) is 18.3 Å². The van der Waals surface area contributed by atoms with Crippen LogP contribution in [0.25, 0.3) is 5.65 Å². The Labute approximate surface area is 204 Å². The number of hydrogen-bond donors (Lipinski definition) is 0. The quantitative estimate of drug-likeness (QED) is 0.339. The highest BCUT2D eigenvalue weighted by Gasteiger charge is 2.34. The molecule has 0 spiro atoms. The van der Waals surface area contributed by atoms with E-state index in [-0.39, 0.29) is 35.9 Å². The molecule has 3 aromatic rings. The highest BCUT2D eigenvalue weighted by atomic mass is 35.5. The second kappa shape index (κ2) is 9.74. The average Bonchev–Trinajstić information content (AvgIpc) is 3.18. The number of fused-ring (bicyclic) bond motifs is 1. The number of halogens is 6. The number of ether oxygens (including phenoxy) is 2. The van der Waals surface area contributed by atoms with Crippen LogP contribution in [0, 0.1) is 0 Å². The van der Waals surface area contributed by atoms with E-state index in [0.717, 1.165) is 11.0 Å². The highest BCUT2D eigenvalue weighted by molar-refractivity contribution is 6.30. The number of anilines is 2. The van der Waals surface area contributed by atoms with E-state index in [9.17, 15) is 27.2 Å². The SMILES string of the molecule is O=C(c1ccc(N(C(=O)OCCl)c2nc3cc(Cl)ccn3n2)c(OCC(F)(F)F)c1)N1CC(F)C1. The maximum atomic E-state index is 13.2. The Hall–Kier alpha value is -3.32. The third-order valence-electron chi connectivity index (χ3n) is 4.81. The summed E-state index contributed by atoms with van der Waals surface area (Å²) in [6.07, 6.45) is -5.57. The summed E-state index contributed by atoms with van der Waals surface area (Å²) in [6, 6.07) is 5.80. The van der Waals surface area contributed by atoms with Crippen LogP contribution in [0.1, 0.15) is 10.4 Å². The van der Waals surface area contributed by atoms with Crippen LogP contribution in [0.15, 0.2) is 36.5 Å². The van der Waals surface area contributed by atoms with Gasteiger partial charge in [-0.2, -0.15) is 18.2 Å². The summed E-state index contributed by atoms with van der Waals surface area (Å²) in [5.41, 5.74) is -0.104. The largest absolute Gasteiger partial charge is 0.482 e. The summed E-state index contributed by atoms with van der Waals surface area (Å²) in [5.74, 6) is -1.40. The number of alkyl halides is 5. The Bertz CT molecular complexity index is 1270. The van der Waals surface area contributed by atoms with Crippen LogP contribution in [-0.2, 0) is 4.74 Å². The van der Waals surface area contributed by atoms with Gasteiger partial charge >= 0.3 is 12.3 Å². The lowest BCUT2D eigenvalue weighted by Crippen LogP contribution is -2.51. The van der Waals surface area contributed by atoms with Gasteiger partial charge in [0.1, 0.15) is 11.9 Å². The number of rotatable bonds is 6. The van der Waals surface area contributed by atoms with Crippen molar-refractivity contribution in [3.05, 3.63) is 47.1 Å². The first kappa shape index (κ1) is 24.8. The molecular weight excluding hydrogens is 521 g/mol. The van der Waals surface area contributed by atoms with Crippen LogP contribution >= 0.6 is 23.2 Å². The van der Waals surface area contributed by atoms with Crippen molar-refractivity contribution < 1.29 is 36.6 Å². The van der Waals surface area contributed by atoms with Crippen LogP contribution < -0.4 is 9.64 Å². The highest BCUT2D eigenvalue weighted by Crippen LogP contribution is 2.36. The number of benzene rings is 1. The molecule has 0 bridgehead atoms. The molecule has 0 saturated carbocycles. The summed E-state index contributed by atoms with van der Waals surface area (Å²) < 4.78 is 63.0. The van der Waals surface area contributed by atoms with Crippen molar-refractivity contribution in [3.8, 4) is 5.75 Å². The molecule has 0 aliphatic carbocycles. The molecule has 15 heteroatoms. The predicted molar refractivity (Wildman–Crippen MR) is 116 cm³/mol. The number of nitrogens with zero attached hydrogens (tertiary/aromatic N) is 5. The molecule has 9 nitrogen and oxygen atoms in total. The molecule has 0 atom stereocenters. The van der Waals surface area contributed by atoms with Crippen molar-refractivity contribution in [3.63, 3.8) is 0 Å². The van der Waals surface area contributed by atoms with E-state index < -0.39 is 42.8 Å². The summed E-state index contributed by atoms with van der Waals surface area (Å²) >= 11 is 11.5. The summed E-state index contributed by atoms with van der Waals surface area (Å²) in [4.78, 5) is 31.4. The molecule has 186 valence electrons. The van der Waals surface area contributed by atoms with Crippen molar-refractivity contribution in [1.29, 1.82) is 0 Å². The van der Waals surface area contributed by atoms with Crippen LogP contribution in [0.4, 0.5) is 34.0 Å². The molecule has 0 unspecified atom stereocenters. The maximum absolute atomic E-state index is 13.2. The molecule has 4 rings (SSSR count). The summed E-state index contributed by atoms with van der Waals surface area (Å²) in [5, 5.41) is 4.46. The molecule has 3 heterocycles. The number of likely N-dealkylation sites (tertiary alicyclic amines) is 1. The summed E-state index contributed by atoms with van der Waals surface area (Å²) in [7, 11) is 0. The van der Waals surface area contributed by atoms with Gasteiger partial charge in [-0.05, 0) is 24.3 Å². The van der Waals surface area contributed by atoms with Crippen LogP contribution in [0.3, 0.4) is 0 Å². The van der Waals surface area contributed by atoms with Gasteiger partial charge in [0.25, 0.3) is 11.9 Å². The average molecular weight is 536 g/mol. The van der Waals surface area contributed by atoms with Gasteiger partial charge in [-0.15, -0.1) is 5.10 Å². The van der Waals surface area contributed by atoms with Gasteiger partial charge in [-0.25, -0.2) is 18.6 Å². The summed E-state index contributed by atoms with van der Waals surface area (Å²) in [6.45, 7) is -2.00. The molecule has 1 fully saturated rings. The predicted octanol–water partition coefficient (Wildman–Crippen LogP) is 4.59. The number of pyridine rings is 1. The fourth-order valence-electron chi connectivity index (χ4n) is 3.22. The zero-order valence-corrected chi connectivity index (χ0v) is 19.0. The third kappa shape index (κ3) is 5.51. The van der Waals surface area contributed by atoms with Gasteiger partial charge in [0.2, 0.25) is 0 Å². The Morgan fingerprint density at radius 3 is 2.60 bits per heavy atom. The lowest BCUT2D eigenvalue weighted by atomic mass is 10.1. The van der Waals surface area contributed by atoms with E-state index in [1.165, 1.54) is 39.9 Å². The van der Waals surface area contributed by atoms with Gasteiger partial charge in [0.05, 0.1) is 18.8 Å². The van der Waals surface area contributed by atoms with Crippen LogP contribution in [0.2, 0.25) is 5.02 Å². The van der Waals surface area contributed by atoms with E-state index in [4.69, 9.17) is 32.7 Å². The first-order chi connectivity index (χ1) is 16.6. The first-order valence-electron chi connectivity index (χ1n) is 9.87. The van der Waals surface area contributed by atoms with Crippen LogP contribution in [-0.4, -0.2) is 69.6 Å². The lowest BCUT2D eigenvalue weighted by Gasteiger charge is -2.34. The molecule has 0 radical (unpaired) electrons. The number of aromatic nitrogens is 3. The molecule has 1 aliphatic rings. The fourth-order valence-corrected chi connectivity index (χ4v) is 3.47. The molecular formula is C20H15Cl2F4N5O4. The second-order valence-electron chi connectivity index (χ2n) is 7.31. The molecule has 2 aromatic heterocycles. The number of hydrogen-bond acceptors (Lipinski definition) is 6. The zero-order valence-electron chi connectivity index (χ0n) is 17.5. The molecule has 1 saturated heterocycles. The van der Waals surface area contributed by atoms with E-state index in [2.05, 4.69) is 10.1 Å².